The second-order valence-electron chi connectivity index (χ2n) is 20.6. The molecule has 99 heavy (non-hydrogen) atoms. The van der Waals surface area contributed by atoms with Crippen LogP contribution in [0, 0.1) is 0 Å². The van der Waals surface area contributed by atoms with Gasteiger partial charge in [-0.2, -0.15) is 0 Å². The van der Waals surface area contributed by atoms with E-state index in [-0.39, 0.29) is 39.1 Å². The van der Waals surface area contributed by atoms with E-state index in [4.69, 9.17) is 132 Å². The largest absolute Gasteiger partial charge is 0.484 e. The highest BCUT2D eigenvalue weighted by molar-refractivity contribution is 6.01. The molecule has 3 aromatic rings. The Morgan fingerprint density at radius 2 is 0.525 bits per heavy atom. The molecular formula is C66H109NO32. The quantitative estimate of drug-likeness (QED) is 0.0444. The standard InChI is InChI=1S/C66H109NO32/c68-60-2-3-61(69)67(60)99-63(71)6-7-72-9-10-73-11-12-74-13-14-75-15-16-76-17-18-77-19-20-78-21-22-79-23-24-80-25-26-81-27-28-82-29-30-83-31-32-84-33-34-85-35-36-86-37-38-87-39-40-88-41-42-89-43-44-90-45-46-91-47-48-92-49-50-93-51-52-94-53-54-95-55-56-97-66-64-59(5-8-96-64)57-58-1-4-62(70)98-65(58)66/h1,4-5,8,57H,2-3,6-7,9-56H2. The SMILES string of the molecule is O=C(CCOCCOCCOCCOCCOCCOCCOCCOCCOCCOCCOCCOCCOCCOCCOCCOCCOCCOCCOCCOCCOCCOCCOCCOCCOc1c2occc2cc2ccc(=O)oc12)ON1C(=O)CCC1=O. The van der Waals surface area contributed by atoms with E-state index in [1.165, 1.54) is 6.07 Å². The lowest BCUT2D eigenvalue weighted by Gasteiger charge is -2.12. The lowest BCUT2D eigenvalue weighted by molar-refractivity contribution is -0.198. The first-order valence-corrected chi connectivity index (χ1v) is 34.0. The third kappa shape index (κ3) is 49.6. The van der Waals surface area contributed by atoms with E-state index in [1.54, 1.807) is 12.3 Å². The minimum atomic E-state index is -0.707. The van der Waals surface area contributed by atoms with Crippen molar-refractivity contribution in [1.29, 1.82) is 0 Å². The molecule has 0 spiro atoms. The number of amides is 2. The maximum Gasteiger partial charge on any atom is 0.336 e. The first-order valence-electron chi connectivity index (χ1n) is 34.0. The molecule has 1 fully saturated rings. The summed E-state index contributed by atoms with van der Waals surface area (Å²) in [5, 5.41) is 2.11. The van der Waals surface area contributed by atoms with Crippen LogP contribution in [0.2, 0.25) is 0 Å². The van der Waals surface area contributed by atoms with Crippen LogP contribution in [0.5, 0.6) is 5.75 Å². The number of ether oxygens (including phenoxy) is 25. The fourth-order valence-corrected chi connectivity index (χ4v) is 8.06. The van der Waals surface area contributed by atoms with Gasteiger partial charge < -0.3 is 132 Å². The van der Waals surface area contributed by atoms with Gasteiger partial charge in [0.2, 0.25) is 5.75 Å². The number of carbonyl (C=O) groups excluding carboxylic acids is 3. The first-order chi connectivity index (χ1) is 49.0. The Labute approximate surface area is 579 Å². The van der Waals surface area contributed by atoms with Crippen molar-refractivity contribution in [3.8, 4) is 5.75 Å². The van der Waals surface area contributed by atoms with E-state index < -0.39 is 23.4 Å². The van der Waals surface area contributed by atoms with Gasteiger partial charge in [-0.1, -0.05) is 0 Å². The molecule has 570 valence electrons. The van der Waals surface area contributed by atoms with Crippen LogP contribution in [0.1, 0.15) is 19.3 Å². The van der Waals surface area contributed by atoms with Crippen LogP contribution in [0.4, 0.5) is 0 Å². The molecule has 3 heterocycles. The predicted octanol–water partition coefficient (Wildman–Crippen LogP) is 2.31. The maximum atomic E-state index is 11.8. The van der Waals surface area contributed by atoms with Crippen molar-refractivity contribution in [1.82, 2.24) is 5.06 Å². The number of hydrogen-bond donors (Lipinski definition) is 0. The fraction of sp³-hybridized carbons (Fsp3) is 0.788. The zero-order valence-corrected chi connectivity index (χ0v) is 57.7. The number of imide groups is 1. The molecule has 1 aliphatic heterocycles. The number of rotatable bonds is 77. The average molecular weight is 1430 g/mol. The Hall–Kier alpha value is -4.58. The Morgan fingerprint density at radius 1 is 0.293 bits per heavy atom. The zero-order valence-electron chi connectivity index (χ0n) is 57.7. The monoisotopic (exact) mass is 1430 g/mol. The number of furan rings is 1. The topological polar surface area (TPSA) is 338 Å². The summed E-state index contributed by atoms with van der Waals surface area (Å²) >= 11 is 0. The molecule has 0 aliphatic carbocycles. The van der Waals surface area contributed by atoms with Crippen LogP contribution in [0.3, 0.4) is 0 Å². The van der Waals surface area contributed by atoms with Crippen LogP contribution in [0.25, 0.3) is 21.9 Å². The number of hydroxylamine groups is 2. The molecule has 0 radical (unpaired) electrons. The molecule has 1 aromatic carbocycles. The smallest absolute Gasteiger partial charge is 0.336 e. The third-order valence-electron chi connectivity index (χ3n) is 13.0. The van der Waals surface area contributed by atoms with Crippen molar-refractivity contribution >= 4 is 39.7 Å². The lowest BCUT2D eigenvalue weighted by Crippen LogP contribution is -2.32. The first kappa shape index (κ1) is 86.8. The summed E-state index contributed by atoms with van der Waals surface area (Å²) in [4.78, 5) is 51.1. The van der Waals surface area contributed by atoms with Gasteiger partial charge in [0, 0.05) is 29.7 Å². The van der Waals surface area contributed by atoms with E-state index >= 15 is 0 Å². The van der Waals surface area contributed by atoms with Crippen LogP contribution in [0.15, 0.2) is 44.2 Å². The lowest BCUT2D eigenvalue weighted by atomic mass is 10.1. The molecule has 0 saturated carbocycles. The summed E-state index contributed by atoms with van der Waals surface area (Å²) in [6.45, 7) is 21.3. The molecule has 33 nitrogen and oxygen atoms in total. The van der Waals surface area contributed by atoms with E-state index in [2.05, 4.69) is 0 Å². The van der Waals surface area contributed by atoms with Gasteiger partial charge in [-0.3, -0.25) is 9.59 Å². The van der Waals surface area contributed by atoms with Crippen LogP contribution >= 0.6 is 0 Å². The number of hydrogen-bond acceptors (Lipinski definition) is 32. The molecule has 2 amide bonds. The highest BCUT2D eigenvalue weighted by atomic mass is 16.7. The second kappa shape index (κ2) is 65.4. The summed E-state index contributed by atoms with van der Waals surface area (Å²) in [6.07, 6.45) is 1.58. The zero-order chi connectivity index (χ0) is 69.9. The molecule has 2 aromatic heterocycles. The van der Waals surface area contributed by atoms with Crippen LogP contribution in [-0.2, 0) is 133 Å². The van der Waals surface area contributed by atoms with Gasteiger partial charge in [-0.15, -0.1) is 5.06 Å². The number of fused-ring (bicyclic) bond motifs is 2. The molecule has 0 unspecified atom stereocenters. The van der Waals surface area contributed by atoms with Gasteiger partial charge in [0.1, 0.15) is 6.61 Å². The minimum Gasteiger partial charge on any atom is -0.484 e. The second-order valence-corrected chi connectivity index (χ2v) is 20.6. The van der Waals surface area contributed by atoms with Crippen molar-refractivity contribution in [2.75, 3.05) is 324 Å². The Morgan fingerprint density at radius 3 is 0.788 bits per heavy atom. The van der Waals surface area contributed by atoms with E-state index in [0.717, 1.165) is 10.8 Å². The van der Waals surface area contributed by atoms with Gasteiger partial charge in [0.05, 0.1) is 330 Å². The Kier molecular flexibility index (Phi) is 57.4. The summed E-state index contributed by atoms with van der Waals surface area (Å²) in [6, 6.07) is 6.77. The minimum absolute atomic E-state index is 0.0504. The average Bonchev–Trinajstić information content (AvgIpc) is 1.76. The molecule has 0 atom stereocenters. The molecule has 0 bridgehead atoms. The number of carbonyl (C=O) groups is 3. The van der Waals surface area contributed by atoms with E-state index in [0.29, 0.717) is 326 Å². The third-order valence-corrected chi connectivity index (χ3v) is 13.0. The molecule has 33 heteroatoms. The predicted molar refractivity (Wildman–Crippen MR) is 349 cm³/mol. The molecule has 1 aliphatic rings. The van der Waals surface area contributed by atoms with Crippen molar-refractivity contribution in [2.24, 2.45) is 0 Å². The van der Waals surface area contributed by atoms with Gasteiger partial charge in [0.15, 0.2) is 11.2 Å². The van der Waals surface area contributed by atoms with Crippen LogP contribution in [-0.4, -0.2) is 347 Å². The number of nitrogens with zero attached hydrogens (tertiary/aromatic N) is 1. The van der Waals surface area contributed by atoms with Crippen molar-refractivity contribution in [3.63, 3.8) is 0 Å². The van der Waals surface area contributed by atoms with Crippen molar-refractivity contribution in [3.05, 3.63) is 40.9 Å². The Bertz CT molecular complexity index is 2390. The normalized spacial score (nSPS) is 12.6. The summed E-state index contributed by atoms with van der Waals surface area (Å²) in [5.74, 6) is -1.36. The van der Waals surface area contributed by atoms with Crippen molar-refractivity contribution < 1.29 is 146 Å². The molecular weight excluding hydrogens is 1320 g/mol. The Balaban J connectivity index is 0.692. The van der Waals surface area contributed by atoms with Crippen LogP contribution < -0.4 is 10.4 Å². The van der Waals surface area contributed by atoms with E-state index in [1.807, 2.05) is 12.1 Å². The molecule has 4 rings (SSSR count). The highest BCUT2D eigenvalue weighted by Gasteiger charge is 2.32. The maximum absolute atomic E-state index is 11.8. The number of benzene rings is 1. The van der Waals surface area contributed by atoms with Gasteiger partial charge in [-0.05, 0) is 18.2 Å². The van der Waals surface area contributed by atoms with Gasteiger partial charge >= 0.3 is 11.6 Å². The van der Waals surface area contributed by atoms with Crippen molar-refractivity contribution in [2.45, 2.75) is 19.3 Å². The van der Waals surface area contributed by atoms with E-state index in [9.17, 15) is 19.2 Å². The van der Waals surface area contributed by atoms with Gasteiger partial charge in [0.25, 0.3) is 11.8 Å². The fourth-order valence-electron chi connectivity index (χ4n) is 8.06. The highest BCUT2D eigenvalue weighted by Crippen LogP contribution is 2.35. The molecule has 0 N–H and O–H groups in total. The van der Waals surface area contributed by atoms with Gasteiger partial charge in [-0.25, -0.2) is 9.59 Å². The summed E-state index contributed by atoms with van der Waals surface area (Å²) < 4.78 is 149. The molecule has 1 saturated heterocycles. The summed E-state index contributed by atoms with van der Waals surface area (Å²) in [5.41, 5.74) is 0.396. The summed E-state index contributed by atoms with van der Waals surface area (Å²) in [7, 11) is 0.